The van der Waals surface area contributed by atoms with E-state index in [-0.39, 0.29) is 0 Å². The van der Waals surface area contributed by atoms with E-state index < -0.39 is 0 Å². The monoisotopic (exact) mass is 124 g/mol. The summed E-state index contributed by atoms with van der Waals surface area (Å²) in [6.07, 6.45) is 7.34. The molecule has 1 unspecified atom stereocenters. The average molecular weight is 124 g/mol. The van der Waals surface area contributed by atoms with Gasteiger partial charge in [-0.3, -0.25) is 0 Å². The minimum Gasteiger partial charge on any atom is -0.120 e. The van der Waals surface area contributed by atoms with Gasteiger partial charge in [0.1, 0.15) is 0 Å². The minimum absolute atomic E-state index is 0.704. The van der Waals surface area contributed by atoms with Crippen LogP contribution in [0, 0.1) is 24.2 Å². The molecule has 0 saturated carbocycles. The molecular weight excluding hydrogens is 108 g/mol. The lowest BCUT2D eigenvalue weighted by Gasteiger charge is -2.09. The van der Waals surface area contributed by atoms with Crippen LogP contribution < -0.4 is 0 Å². The van der Waals surface area contributed by atoms with E-state index in [4.69, 9.17) is 6.42 Å². The molecule has 0 aromatic heterocycles. The summed E-state index contributed by atoms with van der Waals surface area (Å²) in [5.74, 6) is 4.16. The Morgan fingerprint density at radius 1 is 1.33 bits per heavy atom. The Hall–Kier alpha value is -0.440. The lowest BCUT2D eigenvalue weighted by Crippen LogP contribution is -1.98. The van der Waals surface area contributed by atoms with E-state index in [9.17, 15) is 0 Å². The smallest absolute Gasteiger partial charge is 0.0112 e. The van der Waals surface area contributed by atoms with Crippen LogP contribution in [-0.2, 0) is 0 Å². The van der Waals surface area contributed by atoms with Crippen molar-refractivity contribution in [3.63, 3.8) is 0 Å². The van der Waals surface area contributed by atoms with Gasteiger partial charge in [-0.1, -0.05) is 20.8 Å². The first-order valence-electron chi connectivity index (χ1n) is 3.60. The van der Waals surface area contributed by atoms with Crippen LogP contribution in [0.25, 0.3) is 0 Å². The SMILES string of the molecule is C#CCC(C)CC(C)C. The topological polar surface area (TPSA) is 0 Å². The summed E-state index contributed by atoms with van der Waals surface area (Å²) in [5.41, 5.74) is 0. The molecule has 0 aliphatic rings. The van der Waals surface area contributed by atoms with E-state index in [2.05, 4.69) is 26.7 Å². The molecule has 0 aromatic carbocycles. The van der Waals surface area contributed by atoms with Crippen molar-refractivity contribution >= 4 is 0 Å². The summed E-state index contributed by atoms with van der Waals surface area (Å²) in [5, 5.41) is 0. The lowest BCUT2D eigenvalue weighted by atomic mass is 9.97. The van der Waals surface area contributed by atoms with Gasteiger partial charge in [0.15, 0.2) is 0 Å². The summed E-state index contributed by atoms with van der Waals surface area (Å²) in [7, 11) is 0. The summed E-state index contributed by atoms with van der Waals surface area (Å²) in [4.78, 5) is 0. The second-order valence-corrected chi connectivity index (χ2v) is 3.14. The fraction of sp³-hybridized carbons (Fsp3) is 0.778. The molecule has 0 heterocycles. The third-order valence-electron chi connectivity index (χ3n) is 1.34. The standard InChI is InChI=1S/C9H16/c1-5-6-9(4)7-8(2)3/h1,8-9H,6-7H2,2-4H3. The van der Waals surface area contributed by atoms with E-state index in [1.165, 1.54) is 6.42 Å². The van der Waals surface area contributed by atoms with Crippen LogP contribution in [0.3, 0.4) is 0 Å². The maximum atomic E-state index is 5.16. The van der Waals surface area contributed by atoms with Gasteiger partial charge < -0.3 is 0 Å². The maximum absolute atomic E-state index is 5.16. The van der Waals surface area contributed by atoms with Crippen LogP contribution in [0.5, 0.6) is 0 Å². The van der Waals surface area contributed by atoms with Crippen LogP contribution in [0.4, 0.5) is 0 Å². The predicted octanol–water partition coefficient (Wildman–Crippen LogP) is 2.69. The number of terminal acetylenes is 1. The van der Waals surface area contributed by atoms with Gasteiger partial charge in [0.25, 0.3) is 0 Å². The molecule has 1 atom stereocenters. The lowest BCUT2D eigenvalue weighted by molar-refractivity contribution is 0.447. The van der Waals surface area contributed by atoms with E-state index >= 15 is 0 Å². The fourth-order valence-corrected chi connectivity index (χ4v) is 1.09. The summed E-state index contributed by atoms with van der Waals surface area (Å²) >= 11 is 0. The maximum Gasteiger partial charge on any atom is 0.0112 e. The Bertz CT molecular complexity index is 95.1. The second kappa shape index (κ2) is 4.44. The molecule has 0 aromatic rings. The zero-order valence-electron chi connectivity index (χ0n) is 6.65. The Morgan fingerprint density at radius 2 is 1.89 bits per heavy atom. The molecule has 0 N–H and O–H groups in total. The van der Waals surface area contributed by atoms with Gasteiger partial charge >= 0.3 is 0 Å². The first-order valence-corrected chi connectivity index (χ1v) is 3.60. The molecule has 0 aliphatic carbocycles. The van der Waals surface area contributed by atoms with Crippen molar-refractivity contribution in [2.45, 2.75) is 33.6 Å². The van der Waals surface area contributed by atoms with E-state index in [1.807, 2.05) is 0 Å². The van der Waals surface area contributed by atoms with Crippen LogP contribution in [-0.4, -0.2) is 0 Å². The quantitative estimate of drug-likeness (QED) is 0.507. The van der Waals surface area contributed by atoms with E-state index in [0.29, 0.717) is 5.92 Å². The van der Waals surface area contributed by atoms with E-state index in [1.54, 1.807) is 0 Å². The molecule has 0 nitrogen and oxygen atoms in total. The second-order valence-electron chi connectivity index (χ2n) is 3.14. The van der Waals surface area contributed by atoms with Crippen LogP contribution in [0.1, 0.15) is 33.6 Å². The van der Waals surface area contributed by atoms with Crippen molar-refractivity contribution in [2.75, 3.05) is 0 Å². The highest BCUT2D eigenvalue weighted by Gasteiger charge is 2.01. The molecule has 52 valence electrons. The normalized spacial score (nSPS) is 13.2. The van der Waals surface area contributed by atoms with Crippen LogP contribution >= 0.6 is 0 Å². The van der Waals surface area contributed by atoms with Crippen LogP contribution in [0.15, 0.2) is 0 Å². The van der Waals surface area contributed by atoms with Gasteiger partial charge in [-0.2, -0.15) is 0 Å². The minimum atomic E-state index is 0.704. The predicted molar refractivity (Wildman–Crippen MR) is 42.1 cm³/mol. The Labute approximate surface area is 58.7 Å². The molecule has 0 heteroatoms. The molecule has 0 fully saturated rings. The molecule has 0 amide bonds. The van der Waals surface area contributed by atoms with Crippen molar-refractivity contribution in [3.05, 3.63) is 0 Å². The largest absolute Gasteiger partial charge is 0.120 e. The first kappa shape index (κ1) is 8.56. The number of hydrogen-bond donors (Lipinski definition) is 0. The number of rotatable bonds is 3. The van der Waals surface area contributed by atoms with Gasteiger partial charge in [0, 0.05) is 6.42 Å². The fourth-order valence-electron chi connectivity index (χ4n) is 1.09. The summed E-state index contributed by atoms with van der Waals surface area (Å²) < 4.78 is 0. The highest BCUT2D eigenvalue weighted by atomic mass is 14.1. The highest BCUT2D eigenvalue weighted by Crippen LogP contribution is 2.12. The Kier molecular flexibility index (Phi) is 4.22. The summed E-state index contributed by atoms with van der Waals surface area (Å²) in [6.45, 7) is 6.67. The molecule has 0 radical (unpaired) electrons. The van der Waals surface area contributed by atoms with Gasteiger partial charge in [-0.25, -0.2) is 0 Å². The van der Waals surface area contributed by atoms with Crippen molar-refractivity contribution in [3.8, 4) is 12.3 Å². The van der Waals surface area contributed by atoms with Gasteiger partial charge in [-0.05, 0) is 18.3 Å². The van der Waals surface area contributed by atoms with Gasteiger partial charge in [-0.15, -0.1) is 12.3 Å². The zero-order valence-corrected chi connectivity index (χ0v) is 6.65. The average Bonchev–Trinajstić information content (AvgIpc) is 1.63. The molecule has 0 spiro atoms. The summed E-state index contributed by atoms with van der Waals surface area (Å²) in [6, 6.07) is 0. The van der Waals surface area contributed by atoms with E-state index in [0.717, 1.165) is 12.3 Å². The van der Waals surface area contributed by atoms with Crippen molar-refractivity contribution in [2.24, 2.45) is 11.8 Å². The first-order chi connectivity index (χ1) is 4.16. The van der Waals surface area contributed by atoms with Gasteiger partial charge in [0.05, 0.1) is 0 Å². The third-order valence-corrected chi connectivity index (χ3v) is 1.34. The molecular formula is C9H16. The molecule has 0 saturated heterocycles. The number of hydrogen-bond acceptors (Lipinski definition) is 0. The van der Waals surface area contributed by atoms with Crippen molar-refractivity contribution in [1.29, 1.82) is 0 Å². The molecule has 0 rings (SSSR count). The molecule has 0 aliphatic heterocycles. The highest BCUT2D eigenvalue weighted by molar-refractivity contribution is 4.85. The van der Waals surface area contributed by atoms with Gasteiger partial charge in [0.2, 0.25) is 0 Å². The Morgan fingerprint density at radius 3 is 2.22 bits per heavy atom. The molecule has 9 heavy (non-hydrogen) atoms. The van der Waals surface area contributed by atoms with Crippen molar-refractivity contribution < 1.29 is 0 Å². The van der Waals surface area contributed by atoms with Crippen LogP contribution in [0.2, 0.25) is 0 Å². The zero-order chi connectivity index (χ0) is 7.28. The van der Waals surface area contributed by atoms with Crippen molar-refractivity contribution in [1.82, 2.24) is 0 Å². The molecule has 0 bridgehead atoms. The Balaban J connectivity index is 3.29. The third kappa shape index (κ3) is 5.43.